The lowest BCUT2D eigenvalue weighted by atomic mass is 9.84. The van der Waals surface area contributed by atoms with Crippen LogP contribution < -0.4 is 10.1 Å². The summed E-state index contributed by atoms with van der Waals surface area (Å²) in [6, 6.07) is 5.94. The smallest absolute Gasteiger partial charge is 0.318 e. The molecule has 5 heteroatoms. The summed E-state index contributed by atoms with van der Waals surface area (Å²) in [5.74, 6) is 2.93. The van der Waals surface area contributed by atoms with Gasteiger partial charge in [-0.1, -0.05) is 12.5 Å². The number of benzene rings is 1. The number of aromatic hydroxyl groups is 1. The second kappa shape index (κ2) is 7.01. The number of phenols is 1. The molecule has 2 bridgehead atoms. The van der Waals surface area contributed by atoms with Gasteiger partial charge in [-0.3, -0.25) is 0 Å². The monoisotopic (exact) mass is 358 g/mol. The summed E-state index contributed by atoms with van der Waals surface area (Å²) in [6.07, 6.45) is 7.53. The number of urea groups is 1. The number of fused-ring (bicyclic) bond motifs is 2. The van der Waals surface area contributed by atoms with E-state index in [1.54, 1.807) is 13.2 Å². The molecule has 2 amide bonds. The molecule has 0 heterocycles. The summed E-state index contributed by atoms with van der Waals surface area (Å²) in [6.45, 7) is 2.73. The zero-order valence-corrected chi connectivity index (χ0v) is 15.8. The molecular weight excluding hydrogens is 328 g/mol. The Bertz CT molecular complexity index is 673. The van der Waals surface area contributed by atoms with Crippen LogP contribution in [0.1, 0.15) is 51.0 Å². The van der Waals surface area contributed by atoms with Crippen LogP contribution in [0.15, 0.2) is 18.2 Å². The Morgan fingerprint density at radius 2 is 2.12 bits per heavy atom. The highest BCUT2D eigenvalue weighted by atomic mass is 16.5. The molecule has 26 heavy (non-hydrogen) atoms. The fourth-order valence-electron chi connectivity index (χ4n) is 5.06. The highest BCUT2D eigenvalue weighted by Crippen LogP contribution is 2.49. The highest BCUT2D eigenvalue weighted by Gasteiger charge is 2.43. The number of phenolic OH excluding ortho intramolecular Hbond substituents is 1. The quantitative estimate of drug-likeness (QED) is 0.811. The first-order valence-corrected chi connectivity index (χ1v) is 9.98. The minimum atomic E-state index is 0.0508. The summed E-state index contributed by atoms with van der Waals surface area (Å²) in [5, 5.41) is 13.1. The van der Waals surface area contributed by atoms with Gasteiger partial charge < -0.3 is 20.1 Å². The van der Waals surface area contributed by atoms with E-state index in [2.05, 4.69) is 12.2 Å². The van der Waals surface area contributed by atoms with E-state index in [0.717, 1.165) is 30.2 Å². The largest absolute Gasteiger partial charge is 0.504 e. The predicted molar refractivity (Wildman–Crippen MR) is 100 cm³/mol. The Morgan fingerprint density at radius 3 is 2.73 bits per heavy atom. The van der Waals surface area contributed by atoms with E-state index in [1.807, 2.05) is 17.0 Å². The second-order valence-corrected chi connectivity index (χ2v) is 8.44. The van der Waals surface area contributed by atoms with E-state index in [0.29, 0.717) is 24.3 Å². The van der Waals surface area contributed by atoms with Crippen molar-refractivity contribution in [3.63, 3.8) is 0 Å². The van der Waals surface area contributed by atoms with Crippen molar-refractivity contribution in [2.75, 3.05) is 7.11 Å². The molecule has 1 aromatic carbocycles. The summed E-state index contributed by atoms with van der Waals surface area (Å²) in [4.78, 5) is 14.9. The van der Waals surface area contributed by atoms with E-state index < -0.39 is 0 Å². The average molecular weight is 358 g/mol. The van der Waals surface area contributed by atoms with Gasteiger partial charge in [-0.2, -0.15) is 0 Å². The Labute approximate surface area is 155 Å². The summed E-state index contributed by atoms with van der Waals surface area (Å²) >= 11 is 0. The number of nitrogens with zero attached hydrogens (tertiary/aromatic N) is 1. The minimum absolute atomic E-state index is 0.0508. The van der Waals surface area contributed by atoms with Crippen LogP contribution in [0.3, 0.4) is 0 Å². The molecule has 0 radical (unpaired) electrons. The summed E-state index contributed by atoms with van der Waals surface area (Å²) < 4.78 is 5.20. The number of amides is 2. The van der Waals surface area contributed by atoms with Gasteiger partial charge in [0.05, 0.1) is 7.11 Å². The summed E-state index contributed by atoms with van der Waals surface area (Å²) in [7, 11) is 1.54. The number of nitrogens with one attached hydrogen (secondary N) is 1. The molecule has 3 aliphatic carbocycles. The van der Waals surface area contributed by atoms with E-state index in [9.17, 15) is 9.90 Å². The molecule has 4 atom stereocenters. The molecule has 0 aromatic heterocycles. The van der Waals surface area contributed by atoms with Crippen LogP contribution >= 0.6 is 0 Å². The van der Waals surface area contributed by atoms with Gasteiger partial charge in [0.2, 0.25) is 0 Å². The van der Waals surface area contributed by atoms with Crippen molar-refractivity contribution >= 4 is 6.03 Å². The van der Waals surface area contributed by atoms with Crippen LogP contribution in [0.4, 0.5) is 4.79 Å². The predicted octanol–water partition coefficient (Wildman–Crippen LogP) is 3.90. The molecular formula is C21H30N2O3. The third-order valence-electron chi connectivity index (χ3n) is 6.63. The Morgan fingerprint density at radius 1 is 1.31 bits per heavy atom. The lowest BCUT2D eigenvalue weighted by molar-refractivity contribution is 0.177. The second-order valence-electron chi connectivity index (χ2n) is 8.44. The molecule has 142 valence electrons. The number of ether oxygens (including phenoxy) is 1. The standard InChI is InChI=1S/C21H30N2O3/c1-13(18-10-14-3-5-16(18)9-14)22-21(25)23(17-6-7-17)12-15-4-8-19(24)20(11-15)26-2/h4,8,11,13-14,16-18,24H,3,5-7,9-10,12H2,1-2H3,(H,22,25). The molecule has 2 N–H and O–H groups in total. The number of rotatable bonds is 6. The van der Waals surface area contributed by atoms with Crippen LogP contribution in [-0.4, -0.2) is 35.2 Å². The fourth-order valence-corrected chi connectivity index (χ4v) is 5.06. The van der Waals surface area contributed by atoms with Gasteiger partial charge in [-0.25, -0.2) is 4.79 Å². The van der Waals surface area contributed by atoms with Crippen molar-refractivity contribution in [2.45, 2.75) is 64.1 Å². The van der Waals surface area contributed by atoms with E-state index in [-0.39, 0.29) is 17.8 Å². The average Bonchev–Trinajstić information content (AvgIpc) is 3.25. The topological polar surface area (TPSA) is 61.8 Å². The Hall–Kier alpha value is -1.91. The van der Waals surface area contributed by atoms with Gasteiger partial charge in [0.1, 0.15) is 0 Å². The molecule has 3 fully saturated rings. The Kier molecular flexibility index (Phi) is 4.72. The molecule has 0 aliphatic heterocycles. The third-order valence-corrected chi connectivity index (χ3v) is 6.63. The molecule has 1 aromatic rings. The van der Waals surface area contributed by atoms with Gasteiger partial charge in [0.15, 0.2) is 11.5 Å². The SMILES string of the molecule is COc1cc(CN(C(=O)NC(C)C2CC3CCC2C3)C2CC2)ccc1O. The van der Waals surface area contributed by atoms with Crippen molar-refractivity contribution in [2.24, 2.45) is 17.8 Å². The Balaban J connectivity index is 1.40. The maximum Gasteiger partial charge on any atom is 0.318 e. The van der Waals surface area contributed by atoms with Crippen molar-refractivity contribution in [1.29, 1.82) is 0 Å². The van der Waals surface area contributed by atoms with Crippen LogP contribution in [0.5, 0.6) is 11.5 Å². The van der Waals surface area contributed by atoms with E-state index in [1.165, 1.54) is 25.7 Å². The van der Waals surface area contributed by atoms with Crippen molar-refractivity contribution in [3.8, 4) is 11.5 Å². The first kappa shape index (κ1) is 17.5. The van der Waals surface area contributed by atoms with Crippen LogP contribution in [0.25, 0.3) is 0 Å². The summed E-state index contributed by atoms with van der Waals surface area (Å²) in [5.41, 5.74) is 0.981. The van der Waals surface area contributed by atoms with E-state index >= 15 is 0 Å². The molecule has 4 rings (SSSR count). The normalized spacial score (nSPS) is 28.0. The van der Waals surface area contributed by atoms with Gasteiger partial charge >= 0.3 is 6.03 Å². The number of carbonyl (C=O) groups is 1. The minimum Gasteiger partial charge on any atom is -0.504 e. The van der Waals surface area contributed by atoms with Crippen molar-refractivity contribution in [3.05, 3.63) is 23.8 Å². The molecule has 0 saturated heterocycles. The van der Waals surface area contributed by atoms with Gasteiger partial charge in [0.25, 0.3) is 0 Å². The number of methoxy groups -OCH3 is 1. The lowest BCUT2D eigenvalue weighted by Crippen LogP contribution is -2.47. The molecule has 4 unspecified atom stereocenters. The van der Waals surface area contributed by atoms with Gasteiger partial charge in [-0.05, 0) is 74.5 Å². The zero-order chi connectivity index (χ0) is 18.3. The number of carbonyl (C=O) groups excluding carboxylic acids is 1. The first-order chi connectivity index (χ1) is 12.5. The fraction of sp³-hybridized carbons (Fsp3) is 0.667. The van der Waals surface area contributed by atoms with Gasteiger partial charge in [-0.15, -0.1) is 0 Å². The number of hydrogen-bond donors (Lipinski definition) is 2. The molecule has 3 saturated carbocycles. The van der Waals surface area contributed by atoms with Crippen LogP contribution in [0.2, 0.25) is 0 Å². The maximum absolute atomic E-state index is 13.0. The van der Waals surface area contributed by atoms with Crippen LogP contribution in [-0.2, 0) is 6.54 Å². The van der Waals surface area contributed by atoms with Crippen molar-refractivity contribution < 1.29 is 14.6 Å². The zero-order valence-electron chi connectivity index (χ0n) is 15.8. The number of hydrogen-bond acceptors (Lipinski definition) is 3. The first-order valence-electron chi connectivity index (χ1n) is 9.98. The third kappa shape index (κ3) is 3.49. The molecule has 5 nitrogen and oxygen atoms in total. The van der Waals surface area contributed by atoms with Crippen LogP contribution in [0, 0.1) is 17.8 Å². The highest BCUT2D eigenvalue weighted by molar-refractivity contribution is 5.75. The van der Waals surface area contributed by atoms with Gasteiger partial charge in [0, 0.05) is 18.6 Å². The lowest BCUT2D eigenvalue weighted by Gasteiger charge is -2.31. The van der Waals surface area contributed by atoms with E-state index in [4.69, 9.17) is 4.74 Å². The van der Waals surface area contributed by atoms with Crippen molar-refractivity contribution in [1.82, 2.24) is 10.2 Å². The molecule has 3 aliphatic rings. The molecule has 0 spiro atoms. The maximum atomic E-state index is 13.0.